The molecule has 0 spiro atoms. The van der Waals surface area contributed by atoms with Gasteiger partial charge in [0.05, 0.1) is 0 Å². The van der Waals surface area contributed by atoms with Crippen LogP contribution in [-0.4, -0.2) is 34.0 Å². The summed E-state index contributed by atoms with van der Waals surface area (Å²) in [7, 11) is 1.50. The molecule has 1 unspecified atom stereocenters. The van der Waals surface area contributed by atoms with Crippen molar-refractivity contribution in [3.63, 3.8) is 0 Å². The predicted molar refractivity (Wildman–Crippen MR) is 51.0 cm³/mol. The molecule has 1 aromatic rings. The monoisotopic (exact) mass is 234 g/mol. The van der Waals surface area contributed by atoms with E-state index in [0.29, 0.717) is 12.4 Å². The number of aryl methyl sites for hydroxylation is 2. The molecule has 0 aromatic carbocycles. The van der Waals surface area contributed by atoms with Crippen molar-refractivity contribution >= 4 is 0 Å². The molecule has 1 fully saturated rings. The summed E-state index contributed by atoms with van der Waals surface area (Å²) in [5, 5.41) is 6.65. The second-order valence-corrected chi connectivity index (χ2v) is 4.11. The molecule has 0 bridgehead atoms. The van der Waals surface area contributed by atoms with Gasteiger partial charge in [-0.25, -0.2) is 4.98 Å². The van der Waals surface area contributed by atoms with Crippen molar-refractivity contribution < 1.29 is 13.2 Å². The lowest BCUT2D eigenvalue weighted by Gasteiger charge is -2.29. The van der Waals surface area contributed by atoms with Crippen LogP contribution in [0.25, 0.3) is 0 Å². The number of rotatable bonds is 1. The van der Waals surface area contributed by atoms with E-state index in [-0.39, 0.29) is 18.8 Å². The zero-order valence-corrected chi connectivity index (χ0v) is 9.10. The summed E-state index contributed by atoms with van der Waals surface area (Å²) in [5.41, 5.74) is -1.89. The Morgan fingerprint density at radius 3 is 2.50 bits per heavy atom. The summed E-state index contributed by atoms with van der Waals surface area (Å²) in [6.07, 6.45) is -4.29. The number of hydrogen-bond acceptors (Lipinski definition) is 3. The lowest BCUT2D eigenvalue weighted by molar-refractivity contribution is -0.187. The van der Waals surface area contributed by atoms with Crippen LogP contribution in [0.2, 0.25) is 0 Å². The van der Waals surface area contributed by atoms with Crippen molar-refractivity contribution in [1.29, 1.82) is 0 Å². The molecular formula is C9H13F3N4. The Morgan fingerprint density at radius 1 is 1.44 bits per heavy atom. The summed E-state index contributed by atoms with van der Waals surface area (Å²) in [6.45, 7) is 1.82. The van der Waals surface area contributed by atoms with Crippen LogP contribution in [0.4, 0.5) is 13.2 Å². The van der Waals surface area contributed by atoms with Crippen molar-refractivity contribution in [3.8, 4) is 0 Å². The van der Waals surface area contributed by atoms with Gasteiger partial charge in [-0.3, -0.25) is 4.68 Å². The minimum Gasteiger partial charge on any atom is -0.315 e. The fourth-order valence-corrected chi connectivity index (χ4v) is 2.18. The van der Waals surface area contributed by atoms with E-state index >= 15 is 0 Å². The molecule has 1 aromatic heterocycles. The van der Waals surface area contributed by atoms with E-state index in [4.69, 9.17) is 0 Å². The van der Waals surface area contributed by atoms with Gasteiger partial charge in [-0.2, -0.15) is 18.3 Å². The van der Waals surface area contributed by atoms with Crippen molar-refractivity contribution in [2.75, 3.05) is 13.1 Å². The maximum atomic E-state index is 13.2. The summed E-state index contributed by atoms with van der Waals surface area (Å²) in [4.78, 5) is 3.92. The topological polar surface area (TPSA) is 42.7 Å². The van der Waals surface area contributed by atoms with Gasteiger partial charge >= 0.3 is 6.18 Å². The lowest BCUT2D eigenvalue weighted by Crippen LogP contribution is -2.46. The molecule has 7 heteroatoms. The van der Waals surface area contributed by atoms with Crippen LogP contribution in [0.15, 0.2) is 0 Å². The molecule has 0 saturated carbocycles. The minimum absolute atomic E-state index is 0.00231. The van der Waals surface area contributed by atoms with Crippen LogP contribution in [0.5, 0.6) is 0 Å². The number of hydrogen-bond donors (Lipinski definition) is 1. The largest absolute Gasteiger partial charge is 0.402 e. The zero-order chi connectivity index (χ0) is 12.0. The third-order valence-electron chi connectivity index (χ3n) is 2.99. The molecule has 0 radical (unpaired) electrons. The predicted octanol–water partition coefficient (Wildman–Crippen LogP) is 0.917. The Morgan fingerprint density at radius 2 is 2.12 bits per heavy atom. The molecule has 1 N–H and O–H groups in total. The molecule has 16 heavy (non-hydrogen) atoms. The van der Waals surface area contributed by atoms with Gasteiger partial charge in [-0.05, 0) is 19.9 Å². The summed E-state index contributed by atoms with van der Waals surface area (Å²) < 4.78 is 40.7. The highest BCUT2D eigenvalue weighted by Crippen LogP contribution is 2.44. The number of aromatic nitrogens is 3. The molecule has 1 atom stereocenters. The van der Waals surface area contributed by atoms with E-state index in [1.54, 1.807) is 6.92 Å². The third-order valence-corrected chi connectivity index (χ3v) is 2.99. The number of nitrogens with one attached hydrogen (secondary N) is 1. The van der Waals surface area contributed by atoms with E-state index in [1.807, 2.05) is 0 Å². The van der Waals surface area contributed by atoms with Crippen molar-refractivity contribution in [1.82, 2.24) is 20.1 Å². The van der Waals surface area contributed by atoms with Gasteiger partial charge in [0.1, 0.15) is 17.1 Å². The molecular weight excluding hydrogens is 221 g/mol. The first-order valence-electron chi connectivity index (χ1n) is 5.02. The Kier molecular flexibility index (Phi) is 2.45. The average molecular weight is 234 g/mol. The van der Waals surface area contributed by atoms with Crippen molar-refractivity contribution in [2.24, 2.45) is 7.05 Å². The van der Waals surface area contributed by atoms with E-state index in [9.17, 15) is 13.2 Å². The van der Waals surface area contributed by atoms with Gasteiger partial charge in [0.25, 0.3) is 0 Å². The third kappa shape index (κ3) is 1.50. The van der Waals surface area contributed by atoms with Crippen LogP contribution in [-0.2, 0) is 12.5 Å². The van der Waals surface area contributed by atoms with Crippen LogP contribution in [0.1, 0.15) is 18.1 Å². The molecule has 90 valence electrons. The molecule has 0 aliphatic carbocycles. The fourth-order valence-electron chi connectivity index (χ4n) is 2.18. The standard InChI is InChI=1S/C9H13F3N4/c1-6-14-7(16(2)15-6)8(9(10,11)12)3-4-13-5-8/h13H,3-5H2,1-2H3. The number of halogens is 3. The zero-order valence-electron chi connectivity index (χ0n) is 9.10. The van der Waals surface area contributed by atoms with Gasteiger partial charge in [-0.1, -0.05) is 0 Å². The maximum absolute atomic E-state index is 13.2. The van der Waals surface area contributed by atoms with Gasteiger partial charge in [-0.15, -0.1) is 0 Å². The molecule has 1 aliphatic rings. The first kappa shape index (κ1) is 11.4. The molecule has 1 saturated heterocycles. The normalized spacial score (nSPS) is 26.3. The molecule has 4 nitrogen and oxygen atoms in total. The van der Waals surface area contributed by atoms with Gasteiger partial charge in [0.15, 0.2) is 0 Å². The van der Waals surface area contributed by atoms with Crippen LogP contribution in [0.3, 0.4) is 0 Å². The summed E-state index contributed by atoms with van der Waals surface area (Å²) in [5.74, 6) is 0.371. The first-order chi connectivity index (χ1) is 7.37. The highest BCUT2D eigenvalue weighted by atomic mass is 19.4. The van der Waals surface area contributed by atoms with E-state index in [0.717, 1.165) is 0 Å². The Bertz CT molecular complexity index is 390. The smallest absolute Gasteiger partial charge is 0.315 e. The van der Waals surface area contributed by atoms with E-state index < -0.39 is 11.6 Å². The highest BCUT2D eigenvalue weighted by molar-refractivity contribution is 5.17. The molecule has 2 heterocycles. The van der Waals surface area contributed by atoms with Crippen LogP contribution in [0, 0.1) is 6.92 Å². The Balaban J connectivity index is 2.52. The summed E-state index contributed by atoms with van der Waals surface area (Å²) in [6, 6.07) is 0. The van der Waals surface area contributed by atoms with Crippen LogP contribution >= 0.6 is 0 Å². The van der Waals surface area contributed by atoms with Crippen LogP contribution < -0.4 is 5.32 Å². The first-order valence-corrected chi connectivity index (χ1v) is 5.02. The van der Waals surface area contributed by atoms with E-state index in [2.05, 4.69) is 15.4 Å². The molecule has 2 rings (SSSR count). The SMILES string of the molecule is Cc1nc(C2(C(F)(F)F)CCNC2)n(C)n1. The molecule has 0 amide bonds. The fraction of sp³-hybridized carbons (Fsp3) is 0.778. The summed E-state index contributed by atoms with van der Waals surface area (Å²) >= 11 is 0. The quantitative estimate of drug-likeness (QED) is 0.785. The average Bonchev–Trinajstić information content (AvgIpc) is 2.71. The second kappa shape index (κ2) is 3.44. The lowest BCUT2D eigenvalue weighted by atomic mass is 9.85. The minimum atomic E-state index is -4.30. The van der Waals surface area contributed by atoms with E-state index in [1.165, 1.54) is 11.7 Å². The second-order valence-electron chi connectivity index (χ2n) is 4.11. The van der Waals surface area contributed by atoms with Gasteiger partial charge in [0.2, 0.25) is 0 Å². The number of nitrogens with zero attached hydrogens (tertiary/aromatic N) is 3. The number of alkyl halides is 3. The molecule has 1 aliphatic heterocycles. The van der Waals surface area contributed by atoms with Gasteiger partial charge < -0.3 is 5.32 Å². The Hall–Kier alpha value is -1.11. The van der Waals surface area contributed by atoms with Crippen molar-refractivity contribution in [2.45, 2.75) is 24.9 Å². The highest BCUT2D eigenvalue weighted by Gasteiger charge is 2.59. The van der Waals surface area contributed by atoms with Gasteiger partial charge in [0, 0.05) is 13.6 Å². The van der Waals surface area contributed by atoms with Crippen molar-refractivity contribution in [3.05, 3.63) is 11.6 Å². The maximum Gasteiger partial charge on any atom is 0.402 e. The Labute approximate surface area is 90.9 Å².